The number of rotatable bonds is 4. The van der Waals surface area contributed by atoms with E-state index in [1.165, 1.54) is 0 Å². The minimum atomic E-state index is -3.61. The Morgan fingerprint density at radius 3 is 2.12 bits per heavy atom. The molecule has 2 aromatic carbocycles. The molecule has 0 fully saturated rings. The van der Waals surface area contributed by atoms with Crippen LogP contribution in [0.3, 0.4) is 0 Å². The second kappa shape index (κ2) is 6.37. The number of nitrogens with one attached hydrogen (secondary N) is 1. The zero-order valence-electron chi connectivity index (χ0n) is 14.5. The van der Waals surface area contributed by atoms with Crippen LogP contribution in [0.4, 0.5) is 5.69 Å². The average Bonchev–Trinajstić information content (AvgIpc) is 3.09. The molecule has 130 valence electrons. The van der Waals surface area contributed by atoms with Crippen molar-refractivity contribution in [2.24, 2.45) is 0 Å². The van der Waals surface area contributed by atoms with Gasteiger partial charge in [-0.2, -0.15) is 0 Å². The van der Waals surface area contributed by atoms with E-state index in [-0.39, 0.29) is 10.3 Å². The summed E-state index contributed by atoms with van der Waals surface area (Å²) in [6.07, 6.45) is 5.21. The Balaban J connectivity index is 1.79. The van der Waals surface area contributed by atoms with Gasteiger partial charge >= 0.3 is 0 Å². The molecule has 3 aromatic rings. The number of hydrogen-bond acceptors (Lipinski definition) is 3. The summed E-state index contributed by atoms with van der Waals surface area (Å²) in [7, 11) is -3.61. The molecule has 0 aliphatic carbocycles. The SMILES string of the molecule is CC(C)(C)c1ccc(S(=O)(=O)Nc2ccc(-n3ccnc3)cc2)cc1. The Kier molecular flexibility index (Phi) is 4.39. The lowest BCUT2D eigenvalue weighted by Gasteiger charge is -2.19. The number of sulfonamides is 1. The molecule has 0 saturated heterocycles. The monoisotopic (exact) mass is 355 g/mol. The van der Waals surface area contributed by atoms with Crippen LogP contribution in [0.25, 0.3) is 5.69 Å². The Labute approximate surface area is 148 Å². The van der Waals surface area contributed by atoms with Crippen LogP contribution in [0, 0.1) is 0 Å². The van der Waals surface area contributed by atoms with Gasteiger partial charge in [-0.05, 0) is 47.4 Å². The van der Waals surface area contributed by atoms with Gasteiger partial charge in [-0.25, -0.2) is 13.4 Å². The van der Waals surface area contributed by atoms with E-state index < -0.39 is 10.0 Å². The predicted molar refractivity (Wildman–Crippen MR) is 99.5 cm³/mol. The van der Waals surface area contributed by atoms with Gasteiger partial charge in [0.25, 0.3) is 10.0 Å². The van der Waals surface area contributed by atoms with E-state index in [0.29, 0.717) is 5.69 Å². The first-order valence-electron chi connectivity index (χ1n) is 7.97. The molecule has 0 aliphatic heterocycles. The highest BCUT2D eigenvalue weighted by molar-refractivity contribution is 7.92. The molecule has 1 N–H and O–H groups in total. The maximum atomic E-state index is 12.5. The molecule has 5 nitrogen and oxygen atoms in total. The minimum Gasteiger partial charge on any atom is -0.306 e. The van der Waals surface area contributed by atoms with Crippen LogP contribution in [-0.2, 0) is 15.4 Å². The smallest absolute Gasteiger partial charge is 0.261 e. The minimum absolute atomic E-state index is 0.0150. The first-order chi connectivity index (χ1) is 11.8. The van der Waals surface area contributed by atoms with Crippen LogP contribution in [0.15, 0.2) is 72.1 Å². The number of aromatic nitrogens is 2. The summed E-state index contributed by atoms with van der Waals surface area (Å²) in [6, 6.07) is 14.1. The highest BCUT2D eigenvalue weighted by atomic mass is 32.2. The van der Waals surface area contributed by atoms with Gasteiger partial charge in [0.15, 0.2) is 0 Å². The van der Waals surface area contributed by atoms with E-state index in [4.69, 9.17) is 0 Å². The van der Waals surface area contributed by atoms with Crippen molar-refractivity contribution in [3.05, 3.63) is 72.8 Å². The fraction of sp³-hybridized carbons (Fsp3) is 0.211. The standard InChI is InChI=1S/C19H21N3O2S/c1-19(2,3)15-4-10-18(11-5-15)25(23,24)21-16-6-8-17(9-7-16)22-13-12-20-14-22/h4-14,21H,1-3H3. The third-order valence-electron chi connectivity index (χ3n) is 3.95. The molecule has 0 atom stereocenters. The number of imidazole rings is 1. The van der Waals surface area contributed by atoms with Crippen molar-refractivity contribution in [2.45, 2.75) is 31.1 Å². The highest BCUT2D eigenvalue weighted by Gasteiger charge is 2.17. The second-order valence-corrected chi connectivity index (χ2v) is 8.58. The van der Waals surface area contributed by atoms with Gasteiger partial charge in [-0.3, -0.25) is 4.72 Å². The zero-order valence-corrected chi connectivity index (χ0v) is 15.3. The molecule has 0 amide bonds. The molecule has 0 bridgehead atoms. The van der Waals surface area contributed by atoms with E-state index in [1.54, 1.807) is 36.8 Å². The molecular weight excluding hydrogens is 334 g/mol. The Morgan fingerprint density at radius 1 is 0.960 bits per heavy atom. The Morgan fingerprint density at radius 2 is 1.60 bits per heavy atom. The maximum absolute atomic E-state index is 12.5. The third-order valence-corrected chi connectivity index (χ3v) is 5.35. The van der Waals surface area contributed by atoms with E-state index in [1.807, 2.05) is 35.0 Å². The summed E-state index contributed by atoms with van der Waals surface area (Å²) in [5.41, 5.74) is 2.51. The van der Waals surface area contributed by atoms with E-state index >= 15 is 0 Å². The molecule has 3 rings (SSSR count). The van der Waals surface area contributed by atoms with Crippen molar-refractivity contribution in [3.63, 3.8) is 0 Å². The van der Waals surface area contributed by atoms with Crippen LogP contribution < -0.4 is 4.72 Å². The van der Waals surface area contributed by atoms with E-state index in [0.717, 1.165) is 11.3 Å². The first-order valence-corrected chi connectivity index (χ1v) is 9.46. The molecule has 1 aromatic heterocycles. The molecule has 6 heteroatoms. The summed E-state index contributed by atoms with van der Waals surface area (Å²) < 4.78 is 29.6. The van der Waals surface area contributed by atoms with Crippen LogP contribution >= 0.6 is 0 Å². The summed E-state index contributed by atoms with van der Waals surface area (Å²) in [6.45, 7) is 6.28. The van der Waals surface area contributed by atoms with Gasteiger partial charge in [0.1, 0.15) is 0 Å². The van der Waals surface area contributed by atoms with Gasteiger partial charge in [0.05, 0.1) is 11.2 Å². The average molecular weight is 355 g/mol. The first kappa shape index (κ1) is 17.2. The molecule has 0 saturated carbocycles. The second-order valence-electron chi connectivity index (χ2n) is 6.90. The largest absolute Gasteiger partial charge is 0.306 e. The van der Waals surface area contributed by atoms with Crippen molar-refractivity contribution in [1.29, 1.82) is 0 Å². The van der Waals surface area contributed by atoms with Crippen molar-refractivity contribution in [2.75, 3.05) is 4.72 Å². The van der Waals surface area contributed by atoms with E-state index in [9.17, 15) is 8.42 Å². The normalized spacial score (nSPS) is 12.1. The number of benzene rings is 2. The Hall–Kier alpha value is -2.60. The third kappa shape index (κ3) is 3.91. The fourth-order valence-corrected chi connectivity index (χ4v) is 3.52. The summed E-state index contributed by atoms with van der Waals surface area (Å²) in [5, 5.41) is 0. The van der Waals surface area contributed by atoms with Crippen molar-refractivity contribution >= 4 is 15.7 Å². The molecule has 0 aliphatic rings. The van der Waals surface area contributed by atoms with Crippen molar-refractivity contribution < 1.29 is 8.42 Å². The van der Waals surface area contributed by atoms with Gasteiger partial charge < -0.3 is 4.57 Å². The summed E-state index contributed by atoms with van der Waals surface area (Å²) in [5.74, 6) is 0. The van der Waals surface area contributed by atoms with Gasteiger partial charge in [-0.15, -0.1) is 0 Å². The summed E-state index contributed by atoms with van der Waals surface area (Å²) >= 11 is 0. The molecule has 0 unspecified atom stereocenters. The molecule has 1 heterocycles. The molecular formula is C19H21N3O2S. The number of anilines is 1. The topological polar surface area (TPSA) is 64.0 Å². The van der Waals surface area contributed by atoms with Gasteiger partial charge in [0, 0.05) is 23.8 Å². The van der Waals surface area contributed by atoms with Crippen molar-refractivity contribution in [1.82, 2.24) is 9.55 Å². The highest BCUT2D eigenvalue weighted by Crippen LogP contribution is 2.24. The van der Waals surface area contributed by atoms with Gasteiger partial charge in [-0.1, -0.05) is 32.9 Å². The lowest BCUT2D eigenvalue weighted by atomic mass is 9.87. The lowest BCUT2D eigenvalue weighted by Crippen LogP contribution is -2.14. The number of nitrogens with zero attached hydrogens (tertiary/aromatic N) is 2. The molecule has 25 heavy (non-hydrogen) atoms. The fourth-order valence-electron chi connectivity index (χ4n) is 2.46. The van der Waals surface area contributed by atoms with Crippen LogP contribution in [0.1, 0.15) is 26.3 Å². The molecule has 0 spiro atoms. The van der Waals surface area contributed by atoms with E-state index in [2.05, 4.69) is 30.5 Å². The van der Waals surface area contributed by atoms with Crippen LogP contribution in [0.2, 0.25) is 0 Å². The molecule has 0 radical (unpaired) electrons. The lowest BCUT2D eigenvalue weighted by molar-refractivity contribution is 0.587. The summed E-state index contributed by atoms with van der Waals surface area (Å²) in [4.78, 5) is 4.25. The maximum Gasteiger partial charge on any atom is 0.261 e. The number of hydrogen-bond donors (Lipinski definition) is 1. The van der Waals surface area contributed by atoms with Gasteiger partial charge in [0.2, 0.25) is 0 Å². The van der Waals surface area contributed by atoms with Crippen molar-refractivity contribution in [3.8, 4) is 5.69 Å². The van der Waals surface area contributed by atoms with Crippen LogP contribution in [0.5, 0.6) is 0 Å². The Bertz CT molecular complexity index is 937. The predicted octanol–water partition coefficient (Wildman–Crippen LogP) is 3.97. The van der Waals surface area contributed by atoms with Crippen LogP contribution in [-0.4, -0.2) is 18.0 Å². The zero-order chi connectivity index (χ0) is 18.1. The quantitative estimate of drug-likeness (QED) is 0.770.